The number of hydrogen-bond acceptors (Lipinski definition) is 5. The third-order valence-electron chi connectivity index (χ3n) is 3.99. The zero-order chi connectivity index (χ0) is 20.4. The van der Waals surface area contributed by atoms with Crippen LogP contribution >= 0.6 is 27.5 Å². The maximum absolute atomic E-state index is 12.9. The number of nitrogens with one attached hydrogen (secondary N) is 1. The molecule has 0 saturated carbocycles. The lowest BCUT2D eigenvalue weighted by Crippen LogP contribution is -2.54. The number of methoxy groups -OCH3 is 2. The molecule has 0 atom stereocenters. The van der Waals surface area contributed by atoms with Crippen molar-refractivity contribution in [1.82, 2.24) is 5.32 Å². The highest BCUT2D eigenvalue weighted by molar-refractivity contribution is 9.10. The van der Waals surface area contributed by atoms with Crippen molar-refractivity contribution in [1.29, 1.82) is 0 Å². The lowest BCUT2D eigenvalue weighted by molar-refractivity contribution is -0.122. The van der Waals surface area contributed by atoms with Crippen LogP contribution in [0.2, 0.25) is 5.02 Å². The van der Waals surface area contributed by atoms with Crippen molar-refractivity contribution >= 4 is 57.1 Å². The molecular weight excluding hydrogens is 452 g/mol. The molecule has 7 nitrogen and oxygen atoms in total. The normalized spacial score (nSPS) is 15.6. The van der Waals surface area contributed by atoms with Crippen molar-refractivity contribution < 1.29 is 23.9 Å². The Morgan fingerprint density at radius 3 is 2.25 bits per heavy atom. The molecule has 4 amide bonds. The van der Waals surface area contributed by atoms with E-state index in [0.29, 0.717) is 26.6 Å². The van der Waals surface area contributed by atoms with Crippen molar-refractivity contribution in [2.45, 2.75) is 0 Å². The molecule has 1 heterocycles. The van der Waals surface area contributed by atoms with E-state index in [9.17, 15) is 14.4 Å². The smallest absolute Gasteiger partial charge is 0.335 e. The van der Waals surface area contributed by atoms with E-state index in [-0.39, 0.29) is 11.3 Å². The molecule has 1 N–H and O–H groups in total. The van der Waals surface area contributed by atoms with Crippen LogP contribution in [0.3, 0.4) is 0 Å². The van der Waals surface area contributed by atoms with Crippen LogP contribution in [0.5, 0.6) is 11.5 Å². The largest absolute Gasteiger partial charge is 0.493 e. The van der Waals surface area contributed by atoms with E-state index in [2.05, 4.69) is 21.2 Å². The molecule has 1 fully saturated rings. The maximum Gasteiger partial charge on any atom is 0.335 e. The van der Waals surface area contributed by atoms with Crippen LogP contribution in [0.25, 0.3) is 6.08 Å². The zero-order valence-corrected chi connectivity index (χ0v) is 17.1. The number of hydrogen-bond donors (Lipinski definition) is 1. The van der Waals surface area contributed by atoms with Crippen molar-refractivity contribution in [2.24, 2.45) is 0 Å². The Balaban J connectivity index is 2.05. The van der Waals surface area contributed by atoms with Crippen LogP contribution in [0, 0.1) is 0 Å². The average Bonchev–Trinajstić information content (AvgIpc) is 2.67. The van der Waals surface area contributed by atoms with Crippen LogP contribution in [0.4, 0.5) is 10.5 Å². The van der Waals surface area contributed by atoms with Gasteiger partial charge in [0.1, 0.15) is 5.57 Å². The molecule has 2 aromatic carbocycles. The summed E-state index contributed by atoms with van der Waals surface area (Å²) in [5, 5.41) is 2.62. The van der Waals surface area contributed by atoms with Gasteiger partial charge in [-0.15, -0.1) is 0 Å². The Morgan fingerprint density at radius 1 is 1.04 bits per heavy atom. The van der Waals surface area contributed by atoms with Gasteiger partial charge in [0.05, 0.1) is 19.9 Å². The number of imide groups is 2. The fourth-order valence-corrected chi connectivity index (χ4v) is 3.18. The Bertz CT molecular complexity index is 1000. The number of halogens is 2. The summed E-state index contributed by atoms with van der Waals surface area (Å²) in [6.07, 6.45) is 1.37. The van der Waals surface area contributed by atoms with Gasteiger partial charge in [-0.1, -0.05) is 27.5 Å². The number of amides is 4. The van der Waals surface area contributed by atoms with Gasteiger partial charge in [-0.25, -0.2) is 9.69 Å². The Labute approximate surface area is 174 Å². The second kappa shape index (κ2) is 8.04. The lowest BCUT2D eigenvalue weighted by atomic mass is 10.1. The zero-order valence-electron chi connectivity index (χ0n) is 14.8. The minimum Gasteiger partial charge on any atom is -0.493 e. The highest BCUT2D eigenvalue weighted by atomic mass is 79.9. The number of rotatable bonds is 4. The van der Waals surface area contributed by atoms with Gasteiger partial charge >= 0.3 is 6.03 Å². The van der Waals surface area contributed by atoms with Crippen LogP contribution < -0.4 is 19.7 Å². The Morgan fingerprint density at radius 2 is 1.64 bits per heavy atom. The second-order valence-corrected chi connectivity index (χ2v) is 6.95. The monoisotopic (exact) mass is 464 g/mol. The number of ether oxygens (including phenoxy) is 2. The lowest BCUT2D eigenvalue weighted by Gasteiger charge is -2.26. The Kier molecular flexibility index (Phi) is 5.71. The number of barbiturate groups is 1. The summed E-state index contributed by atoms with van der Waals surface area (Å²) in [6, 6.07) is 8.54. The third-order valence-corrected chi connectivity index (χ3v) is 4.93. The van der Waals surface area contributed by atoms with Crippen LogP contribution in [-0.4, -0.2) is 32.1 Å². The van der Waals surface area contributed by atoms with E-state index < -0.39 is 17.8 Å². The van der Waals surface area contributed by atoms with E-state index in [1.807, 2.05) is 0 Å². The summed E-state index contributed by atoms with van der Waals surface area (Å²) in [5.41, 5.74) is 0.584. The molecule has 0 radical (unpaired) electrons. The van der Waals surface area contributed by atoms with Crippen molar-refractivity contribution in [3.63, 3.8) is 0 Å². The highest BCUT2D eigenvalue weighted by Crippen LogP contribution is 2.35. The standard InChI is InChI=1S/C19H14BrClN2O5/c1-27-15-8-10(14(20)9-16(15)28-2)7-13-17(24)22-19(26)23(18(13)25)12-5-3-11(21)4-6-12/h3-9H,1-2H3,(H,22,24,26)/b13-7+. The topological polar surface area (TPSA) is 84.9 Å². The van der Waals surface area contributed by atoms with Gasteiger partial charge in [-0.3, -0.25) is 14.9 Å². The summed E-state index contributed by atoms with van der Waals surface area (Å²) in [6.45, 7) is 0. The van der Waals surface area contributed by atoms with E-state index in [1.165, 1.54) is 32.4 Å². The van der Waals surface area contributed by atoms with Crippen molar-refractivity contribution in [2.75, 3.05) is 19.1 Å². The minimum absolute atomic E-state index is 0.206. The van der Waals surface area contributed by atoms with Gasteiger partial charge < -0.3 is 9.47 Å². The van der Waals surface area contributed by atoms with Gasteiger partial charge in [-0.05, 0) is 48.0 Å². The fourth-order valence-electron chi connectivity index (χ4n) is 2.62. The molecule has 144 valence electrons. The molecule has 1 saturated heterocycles. The maximum atomic E-state index is 12.9. The van der Waals surface area contributed by atoms with Gasteiger partial charge in [0, 0.05) is 9.50 Å². The number of anilines is 1. The molecule has 28 heavy (non-hydrogen) atoms. The molecular formula is C19H14BrClN2O5. The number of nitrogens with zero attached hydrogens (tertiary/aromatic N) is 1. The number of carbonyl (C=O) groups excluding carboxylic acids is 3. The van der Waals surface area contributed by atoms with E-state index in [0.717, 1.165) is 4.90 Å². The predicted octanol–water partition coefficient (Wildman–Crippen LogP) is 3.79. The SMILES string of the molecule is COc1cc(Br)c(/C=C2\C(=O)NC(=O)N(c3ccc(Cl)cc3)C2=O)cc1OC. The number of benzene rings is 2. The van der Waals surface area contributed by atoms with Gasteiger partial charge in [-0.2, -0.15) is 0 Å². The average molecular weight is 466 g/mol. The number of urea groups is 1. The molecule has 0 spiro atoms. The van der Waals surface area contributed by atoms with Gasteiger partial charge in [0.15, 0.2) is 11.5 Å². The summed E-state index contributed by atoms with van der Waals surface area (Å²) < 4.78 is 11.1. The van der Waals surface area contributed by atoms with E-state index in [1.54, 1.807) is 24.3 Å². The first-order chi connectivity index (χ1) is 13.3. The molecule has 2 aromatic rings. The quantitative estimate of drug-likeness (QED) is 0.549. The van der Waals surface area contributed by atoms with E-state index in [4.69, 9.17) is 21.1 Å². The van der Waals surface area contributed by atoms with Crippen molar-refractivity contribution in [3.8, 4) is 11.5 Å². The molecule has 0 unspecified atom stereocenters. The minimum atomic E-state index is -0.833. The molecule has 3 rings (SSSR count). The summed E-state index contributed by atoms with van der Waals surface area (Å²) in [5.74, 6) is -0.638. The number of carbonyl (C=O) groups is 3. The predicted molar refractivity (Wildman–Crippen MR) is 108 cm³/mol. The molecule has 0 aliphatic carbocycles. The molecule has 0 aromatic heterocycles. The fraction of sp³-hybridized carbons (Fsp3) is 0.105. The van der Waals surface area contributed by atoms with E-state index >= 15 is 0 Å². The van der Waals surface area contributed by atoms with Gasteiger partial charge in [0.25, 0.3) is 11.8 Å². The highest BCUT2D eigenvalue weighted by Gasteiger charge is 2.37. The summed E-state index contributed by atoms with van der Waals surface area (Å²) in [4.78, 5) is 38.3. The first-order valence-corrected chi connectivity index (χ1v) is 9.11. The first-order valence-electron chi connectivity index (χ1n) is 7.94. The summed E-state index contributed by atoms with van der Waals surface area (Å²) in [7, 11) is 2.97. The molecule has 1 aliphatic heterocycles. The van der Waals surface area contributed by atoms with Crippen LogP contribution in [0.1, 0.15) is 5.56 Å². The molecule has 9 heteroatoms. The second-order valence-electron chi connectivity index (χ2n) is 5.66. The van der Waals surface area contributed by atoms with Gasteiger partial charge in [0.2, 0.25) is 0 Å². The Hall–Kier alpha value is -2.84. The molecule has 1 aliphatic rings. The summed E-state index contributed by atoms with van der Waals surface area (Å²) >= 11 is 9.24. The third kappa shape index (κ3) is 3.74. The van der Waals surface area contributed by atoms with Crippen LogP contribution in [0.15, 0.2) is 46.4 Å². The van der Waals surface area contributed by atoms with Crippen LogP contribution in [-0.2, 0) is 9.59 Å². The molecule has 0 bridgehead atoms. The van der Waals surface area contributed by atoms with Crippen molar-refractivity contribution in [3.05, 3.63) is 57.0 Å². The first kappa shape index (κ1) is 19.9.